The average Bonchev–Trinajstić information content (AvgIpc) is 1.58. The maximum absolute atomic E-state index is 14.9. The van der Waals surface area contributed by atoms with E-state index >= 15 is 0 Å². The summed E-state index contributed by atoms with van der Waals surface area (Å²) in [6.45, 7) is 10.4. The Balaban J connectivity index is 0.000000147. The van der Waals surface area contributed by atoms with Crippen molar-refractivity contribution in [2.45, 2.75) is 110 Å². The number of aromatic amines is 3. The van der Waals surface area contributed by atoms with Crippen molar-refractivity contribution in [1.29, 1.82) is 0 Å². The Hall–Kier alpha value is -11.1. The molecule has 0 radical (unpaired) electrons. The molecule has 30 heteroatoms. The van der Waals surface area contributed by atoms with E-state index in [2.05, 4.69) is 28.0 Å². The Labute approximate surface area is 763 Å². The van der Waals surface area contributed by atoms with Crippen LogP contribution in [0.1, 0.15) is 122 Å². The second-order valence-corrected chi connectivity index (χ2v) is 36.2. The summed E-state index contributed by atoms with van der Waals surface area (Å²) in [6.07, 6.45) is 13.2. The number of allylic oxidation sites excluding steroid dienone is 2. The lowest BCUT2D eigenvalue weighted by Crippen LogP contribution is -2.55. The Morgan fingerprint density at radius 2 is 0.709 bits per heavy atom. The molecular weight excluding hydrogens is 1750 g/mol. The van der Waals surface area contributed by atoms with Crippen LogP contribution < -0.4 is 0 Å². The number of aromatic nitrogens is 3. The van der Waals surface area contributed by atoms with Crippen LogP contribution in [0.15, 0.2) is 201 Å². The molecule has 3 aromatic heterocycles. The Bertz CT molecular complexity index is 6030. The van der Waals surface area contributed by atoms with Gasteiger partial charge in [-0.2, -0.15) is 0 Å². The van der Waals surface area contributed by atoms with Gasteiger partial charge in [0.1, 0.15) is 17.5 Å². The second-order valence-electron chi connectivity index (χ2n) is 33.6. The molecule has 8 aromatic carbocycles. The molecule has 0 bridgehead atoms. The number of benzene rings is 8. The number of hydrogen-bond acceptors (Lipinski definition) is 9. The van der Waals surface area contributed by atoms with E-state index in [1.807, 2.05) is 122 Å². The van der Waals surface area contributed by atoms with Crippen LogP contribution in [-0.4, -0.2) is 191 Å². The number of hydrogen-bond donors (Lipinski definition) is 3. The van der Waals surface area contributed by atoms with Gasteiger partial charge < -0.3 is 59.1 Å². The van der Waals surface area contributed by atoms with Crippen molar-refractivity contribution < 1.29 is 56.3 Å². The quantitative estimate of drug-likeness (QED) is 0.0458. The molecule has 6 aliphatic rings. The van der Waals surface area contributed by atoms with Gasteiger partial charge in [0.25, 0.3) is 0 Å². The van der Waals surface area contributed by atoms with Crippen LogP contribution in [0.25, 0.3) is 32.7 Å². The van der Waals surface area contributed by atoms with E-state index in [9.17, 15) is 56.3 Å². The van der Waals surface area contributed by atoms with Crippen molar-refractivity contribution in [2.75, 3.05) is 78.5 Å². The third kappa shape index (κ3) is 19.0. The summed E-state index contributed by atoms with van der Waals surface area (Å²) in [6, 6.07) is 47.5. The van der Waals surface area contributed by atoms with Gasteiger partial charge in [0.05, 0.1) is 49.4 Å². The van der Waals surface area contributed by atoms with Gasteiger partial charge in [-0.25, -0.2) is 13.2 Å². The molecule has 6 atom stereocenters. The smallest absolute Gasteiger partial charge is 0.232 e. The molecule has 3 N–H and O–H groups in total. The van der Waals surface area contributed by atoms with Crippen LogP contribution >= 0.6 is 69.6 Å². The molecule has 6 fully saturated rings. The largest absolute Gasteiger partial charge is 0.361 e. The van der Waals surface area contributed by atoms with Crippen LogP contribution in [0.5, 0.6) is 0 Å². The van der Waals surface area contributed by atoms with Crippen LogP contribution in [0.2, 0.25) is 30.1 Å². The van der Waals surface area contributed by atoms with Crippen molar-refractivity contribution in [1.82, 2.24) is 59.1 Å². The normalized spacial score (nSPS) is 20.9. The molecule has 17 rings (SSSR count). The Kier molecular flexibility index (Phi) is 27.7. The number of H-pyrrole nitrogens is 3. The minimum atomic E-state index is -1.17. The molecule has 0 saturated carbocycles. The second kappa shape index (κ2) is 38.8. The molecule has 0 spiro atoms. The van der Waals surface area contributed by atoms with E-state index in [1.54, 1.807) is 80.5 Å². The third-order valence-corrected chi connectivity index (χ3v) is 27.3. The fourth-order valence-electron chi connectivity index (χ4n) is 19.5. The average molecular weight is 1840 g/mol. The molecule has 9 heterocycles. The summed E-state index contributed by atoms with van der Waals surface area (Å²) in [5.41, 5.74) is 4.89. The first-order valence-electron chi connectivity index (χ1n) is 42.4. The molecule has 0 unspecified atom stereocenters. The maximum atomic E-state index is 14.9. The predicted octanol–water partition coefficient (Wildman–Crippen LogP) is 18.1. The maximum Gasteiger partial charge on any atom is 0.232 e. The van der Waals surface area contributed by atoms with Crippen molar-refractivity contribution in [3.63, 3.8) is 0 Å². The van der Waals surface area contributed by atoms with Gasteiger partial charge in [-0.15, -0.1) is 0 Å². The van der Waals surface area contributed by atoms with Crippen molar-refractivity contribution in [2.24, 2.45) is 16.2 Å². The van der Waals surface area contributed by atoms with E-state index in [1.165, 1.54) is 50.2 Å². The Morgan fingerprint density at radius 1 is 0.394 bits per heavy atom. The van der Waals surface area contributed by atoms with Crippen LogP contribution in [0.4, 0.5) is 13.2 Å². The SMILES string of the molecule is CC(=O)N1CCN(C(=O)[C@]2(Cc3ccccc3)CC(=O)N(Cc3ccc(Cl)c(F)c3)[C@H]2c2c[nH]c3cc(Cl)ccc23)CC1.CCC/C=C/C[C@@]1(C(=O)N2CCN(C(C)=O)CC2)CC(=O)N(Cc2ccc(Cl)c(F)c2)[C@H]1c1c[nH]c2cc(Cl)ccc12.O=CN1CCN(C(=O)[C@]2(Cc3ccccc3)CC(=O)N(Cc3ccc(Cl)c(F)c3)[C@H]2c2c[nH]c3cc(Cl)ccc23)CC1. The van der Waals surface area contributed by atoms with E-state index in [0.717, 1.165) is 79.8 Å². The number of likely N-dealkylation sites (tertiary alicyclic amines) is 3. The molecule has 127 heavy (non-hydrogen) atoms. The Morgan fingerprint density at radius 3 is 1.03 bits per heavy atom. The van der Waals surface area contributed by atoms with Crippen LogP contribution in [0, 0.1) is 33.7 Å². The highest BCUT2D eigenvalue weighted by Gasteiger charge is 2.62. The summed E-state index contributed by atoms with van der Waals surface area (Å²) >= 11 is 36.7. The zero-order chi connectivity index (χ0) is 89.8. The lowest BCUT2D eigenvalue weighted by molar-refractivity contribution is -0.148. The van der Waals surface area contributed by atoms with E-state index in [4.69, 9.17) is 69.6 Å². The number of piperazine rings is 3. The fraction of sp³-hybridized carbons (Fsp3) is 0.330. The lowest BCUT2D eigenvalue weighted by atomic mass is 9.71. The fourth-order valence-corrected chi connectivity index (χ4v) is 20.3. The molecule has 11 aromatic rings. The molecule has 9 amide bonds. The van der Waals surface area contributed by atoms with Gasteiger partial charge in [0.2, 0.25) is 53.7 Å². The van der Waals surface area contributed by atoms with Crippen molar-refractivity contribution in [3.05, 3.63) is 293 Å². The van der Waals surface area contributed by atoms with Crippen molar-refractivity contribution in [3.8, 4) is 0 Å². The molecule has 6 aliphatic heterocycles. The summed E-state index contributed by atoms with van der Waals surface area (Å²) in [5, 5.41) is 4.26. The summed E-state index contributed by atoms with van der Waals surface area (Å²) in [4.78, 5) is 147. The number of halogens is 9. The lowest BCUT2D eigenvalue weighted by Gasteiger charge is -2.43. The highest BCUT2D eigenvalue weighted by molar-refractivity contribution is 6.33. The molecular formula is C97H95Cl6F3N12O9. The van der Waals surface area contributed by atoms with Gasteiger partial charge in [0.15, 0.2) is 0 Å². The number of nitrogens with one attached hydrogen (secondary N) is 3. The summed E-state index contributed by atoms with van der Waals surface area (Å²) < 4.78 is 43.5. The van der Waals surface area contributed by atoms with Gasteiger partial charge in [-0.1, -0.05) is 192 Å². The number of unbranched alkanes of at least 4 members (excludes halogenated alkanes) is 1. The van der Waals surface area contributed by atoms with Gasteiger partial charge in [0, 0.05) is 214 Å². The number of fused-ring (bicyclic) bond motifs is 3. The number of rotatable bonds is 21. The molecule has 0 aliphatic carbocycles. The number of carbonyl (C=O) groups excluding carboxylic acids is 9. The number of amides is 9. The minimum Gasteiger partial charge on any atom is -0.361 e. The highest BCUT2D eigenvalue weighted by Crippen LogP contribution is 2.58. The first kappa shape index (κ1) is 90.7. The predicted molar refractivity (Wildman–Crippen MR) is 486 cm³/mol. The molecule has 660 valence electrons. The van der Waals surface area contributed by atoms with Gasteiger partial charge in [-0.05, 0) is 126 Å². The first-order valence-corrected chi connectivity index (χ1v) is 44.7. The van der Waals surface area contributed by atoms with Crippen LogP contribution in [0.3, 0.4) is 0 Å². The van der Waals surface area contributed by atoms with E-state index < -0.39 is 51.8 Å². The first-order chi connectivity index (χ1) is 61.1. The van der Waals surface area contributed by atoms with E-state index in [-0.39, 0.29) is 101 Å². The molecule has 21 nitrogen and oxygen atoms in total. The number of nitrogens with zero attached hydrogens (tertiary/aromatic N) is 9. The monoisotopic (exact) mass is 1840 g/mol. The van der Waals surface area contributed by atoms with Crippen molar-refractivity contribution >= 4 is 156 Å². The summed E-state index contributed by atoms with van der Waals surface area (Å²) in [5.74, 6) is -2.72. The zero-order valence-corrected chi connectivity index (χ0v) is 74.8. The number of carbonyl (C=O) groups is 9. The zero-order valence-electron chi connectivity index (χ0n) is 70.2. The molecule has 6 saturated heterocycles. The highest BCUT2D eigenvalue weighted by atomic mass is 35.5. The van der Waals surface area contributed by atoms with Gasteiger partial charge >= 0.3 is 0 Å². The summed E-state index contributed by atoms with van der Waals surface area (Å²) in [7, 11) is 0. The van der Waals surface area contributed by atoms with Gasteiger partial charge in [-0.3, -0.25) is 43.2 Å². The third-order valence-electron chi connectivity index (χ3n) is 25.7. The standard InChI is InChI=1S/C33H31Cl2FN4O3.C32H29Cl2FN4O3.C32H35Cl2FN4O3/c1-21(41)38-11-13-39(14-12-38)32(43)33(17-22-5-3-2-4-6-22)18-30(42)40(20-23-7-10-27(35)28(36)15-23)31(33)26-19-37-29-16-24(34)8-9-25(26)29;33-23-7-8-24-25(18-36-28(24)15-23)30-32(16-21-4-2-1-3-5-21,31(42)38-12-10-37(20-40)11-13-38)17-29(41)39(30)19-22-6-9-26(34)27(35)14-22;1-3-4-5-6-11-32(31(42)38-14-12-37(13-15-38)21(2)40)18-29(41)39(20-22-7-10-26(34)27(35)16-22)30(32)25-19-36-28-17-23(33)8-9-24(25)28/h2-10,15-16,19,31,37H,11-14,17-18,20H2,1H3;1-9,14-15,18,20,30,36H,10-13,16-17,19H2;5-10,16-17,19,30,36H,3-4,11-15,18,20H2,1-2H3/b;;6-5+/t31-,33+;2*30-,32+/m000/s1. The van der Waals surface area contributed by atoms with Crippen LogP contribution in [-0.2, 0) is 75.6 Å². The topological polar surface area (TPSA) is 230 Å². The van der Waals surface area contributed by atoms with E-state index in [0.29, 0.717) is 130 Å². The minimum absolute atomic E-state index is 0.000129.